The highest BCUT2D eigenvalue weighted by atomic mass is 32.1. The van der Waals surface area contributed by atoms with Crippen LogP contribution in [0.4, 0.5) is 0 Å². The zero-order chi connectivity index (χ0) is 20.7. The number of hydrogen-bond donors (Lipinski definition) is 1. The van der Waals surface area contributed by atoms with Crippen LogP contribution < -0.4 is 5.32 Å². The normalized spacial score (nSPS) is 20.0. The van der Waals surface area contributed by atoms with E-state index in [1.807, 2.05) is 6.92 Å². The average Bonchev–Trinajstić information content (AvgIpc) is 3.33. The molecule has 1 N–H and O–H groups in total. The summed E-state index contributed by atoms with van der Waals surface area (Å²) >= 11 is 1.77. The third-order valence-electron chi connectivity index (χ3n) is 6.13. The third kappa shape index (κ3) is 3.70. The Hall–Kier alpha value is -2.10. The predicted octanol–water partition coefficient (Wildman–Crippen LogP) is 2.22. The van der Waals surface area contributed by atoms with Crippen LogP contribution >= 0.6 is 11.3 Å². The molecule has 1 aliphatic heterocycles. The Bertz CT molecular complexity index is 1080. The minimum atomic E-state index is -0.217. The number of fused-ring (bicyclic) bond motifs is 5. The highest BCUT2D eigenvalue weighted by Gasteiger charge is 2.25. The van der Waals surface area contributed by atoms with Gasteiger partial charge in [-0.3, -0.25) is 9.69 Å². The van der Waals surface area contributed by atoms with Gasteiger partial charge in [0.05, 0.1) is 18.6 Å². The highest BCUT2D eigenvalue weighted by Crippen LogP contribution is 2.38. The standard InChI is InChI=1S/C21H28N6O2S/c1-13-4-5-16-15(12-13)17-19-24-18(25-27(19)14(2)23-21(17)30-16)20(28)22-6-3-7-26-8-10-29-11-9-26/h13H,3-12H2,1-2H3,(H,22,28). The summed E-state index contributed by atoms with van der Waals surface area (Å²) in [7, 11) is 0. The van der Waals surface area contributed by atoms with Crippen molar-refractivity contribution < 1.29 is 9.53 Å². The molecule has 0 radical (unpaired) electrons. The van der Waals surface area contributed by atoms with Crippen molar-refractivity contribution in [2.24, 2.45) is 5.92 Å². The van der Waals surface area contributed by atoms with Gasteiger partial charge >= 0.3 is 0 Å². The number of carbonyl (C=O) groups excluding carboxylic acids is 1. The van der Waals surface area contributed by atoms with Gasteiger partial charge < -0.3 is 10.1 Å². The van der Waals surface area contributed by atoms with Gasteiger partial charge in [-0.05, 0) is 50.6 Å². The number of carbonyl (C=O) groups is 1. The molecule has 0 saturated carbocycles. The molecule has 3 aromatic rings. The number of aromatic nitrogens is 4. The van der Waals surface area contributed by atoms with Gasteiger partial charge in [-0.1, -0.05) is 6.92 Å². The zero-order valence-corrected chi connectivity index (χ0v) is 18.4. The maximum Gasteiger partial charge on any atom is 0.290 e. The maximum atomic E-state index is 12.7. The van der Waals surface area contributed by atoms with Gasteiger partial charge in [-0.25, -0.2) is 9.97 Å². The molecule has 3 aromatic heterocycles. The van der Waals surface area contributed by atoms with Crippen molar-refractivity contribution in [3.8, 4) is 0 Å². The van der Waals surface area contributed by atoms with E-state index < -0.39 is 0 Å². The first-order valence-electron chi connectivity index (χ1n) is 10.9. The van der Waals surface area contributed by atoms with Gasteiger partial charge in [0.15, 0.2) is 5.65 Å². The van der Waals surface area contributed by atoms with Crippen molar-refractivity contribution in [3.63, 3.8) is 0 Å². The lowest BCUT2D eigenvalue weighted by Crippen LogP contribution is -2.38. The lowest BCUT2D eigenvalue weighted by Gasteiger charge is -2.26. The summed E-state index contributed by atoms with van der Waals surface area (Å²) in [4.78, 5) is 26.9. The van der Waals surface area contributed by atoms with Gasteiger partial charge in [0.2, 0.25) is 5.82 Å². The fourth-order valence-electron chi connectivity index (χ4n) is 4.45. The van der Waals surface area contributed by atoms with Crippen molar-refractivity contribution in [3.05, 3.63) is 22.1 Å². The number of rotatable bonds is 5. The number of aryl methyl sites for hydroxylation is 2. The van der Waals surface area contributed by atoms with Crippen molar-refractivity contribution >= 4 is 33.1 Å². The minimum absolute atomic E-state index is 0.217. The molecule has 160 valence electrons. The van der Waals surface area contributed by atoms with Gasteiger partial charge in [0.25, 0.3) is 5.91 Å². The van der Waals surface area contributed by atoms with Crippen LogP contribution in [0.1, 0.15) is 46.6 Å². The first-order chi connectivity index (χ1) is 14.6. The molecule has 1 atom stereocenters. The third-order valence-corrected chi connectivity index (χ3v) is 7.32. The van der Waals surface area contributed by atoms with E-state index in [9.17, 15) is 4.79 Å². The second kappa shape index (κ2) is 8.20. The van der Waals surface area contributed by atoms with E-state index in [2.05, 4.69) is 27.2 Å². The van der Waals surface area contributed by atoms with Gasteiger partial charge in [0, 0.05) is 24.5 Å². The molecule has 0 aromatic carbocycles. The first-order valence-corrected chi connectivity index (χ1v) is 11.7. The molecule has 1 saturated heterocycles. The van der Waals surface area contributed by atoms with E-state index in [0.717, 1.165) is 73.8 Å². The molecule has 5 rings (SSSR count). The lowest BCUT2D eigenvalue weighted by atomic mass is 9.89. The molecule has 2 aliphatic rings. The molecule has 1 unspecified atom stereocenters. The molecule has 1 amide bonds. The van der Waals surface area contributed by atoms with Crippen LogP contribution in [-0.2, 0) is 17.6 Å². The molecular weight excluding hydrogens is 400 g/mol. The predicted molar refractivity (Wildman–Crippen MR) is 116 cm³/mol. The van der Waals surface area contributed by atoms with E-state index in [4.69, 9.17) is 9.72 Å². The summed E-state index contributed by atoms with van der Waals surface area (Å²) in [5.74, 6) is 1.44. The number of nitrogens with zero attached hydrogens (tertiary/aromatic N) is 5. The summed E-state index contributed by atoms with van der Waals surface area (Å²) in [5.41, 5.74) is 2.12. The average molecular weight is 429 g/mol. The van der Waals surface area contributed by atoms with Crippen LogP contribution in [0.3, 0.4) is 0 Å². The Labute approximate surface area is 179 Å². The SMILES string of the molecule is Cc1nc2sc3c(c2c2nc(C(=O)NCCCN4CCOCC4)nn12)CC(C)CC3. The summed E-state index contributed by atoms with van der Waals surface area (Å²) in [5, 5.41) is 8.55. The van der Waals surface area contributed by atoms with E-state index >= 15 is 0 Å². The van der Waals surface area contributed by atoms with E-state index in [1.165, 1.54) is 16.9 Å². The second-order valence-electron chi connectivity index (χ2n) is 8.43. The maximum absolute atomic E-state index is 12.7. The largest absolute Gasteiger partial charge is 0.379 e. The first kappa shape index (κ1) is 19.8. The summed E-state index contributed by atoms with van der Waals surface area (Å²) in [6.07, 6.45) is 4.28. The van der Waals surface area contributed by atoms with Crippen molar-refractivity contribution in [1.82, 2.24) is 29.8 Å². The van der Waals surface area contributed by atoms with Crippen LogP contribution in [0, 0.1) is 12.8 Å². The van der Waals surface area contributed by atoms with E-state index in [1.54, 1.807) is 15.9 Å². The Morgan fingerprint density at radius 1 is 1.30 bits per heavy atom. The van der Waals surface area contributed by atoms with Crippen LogP contribution in [0.5, 0.6) is 0 Å². The summed E-state index contributed by atoms with van der Waals surface area (Å²) in [6, 6.07) is 0. The molecule has 8 nitrogen and oxygen atoms in total. The van der Waals surface area contributed by atoms with Gasteiger partial charge in [-0.15, -0.1) is 16.4 Å². The van der Waals surface area contributed by atoms with Crippen molar-refractivity contribution in [2.75, 3.05) is 39.4 Å². The van der Waals surface area contributed by atoms with Crippen molar-refractivity contribution in [1.29, 1.82) is 0 Å². The van der Waals surface area contributed by atoms with Gasteiger partial charge in [0.1, 0.15) is 10.7 Å². The summed E-state index contributed by atoms with van der Waals surface area (Å²) in [6.45, 7) is 9.32. The van der Waals surface area contributed by atoms with Gasteiger partial charge in [-0.2, -0.15) is 4.52 Å². The fraction of sp³-hybridized carbons (Fsp3) is 0.619. The number of thiophene rings is 1. The number of nitrogens with one attached hydrogen (secondary N) is 1. The Morgan fingerprint density at radius 3 is 2.97 bits per heavy atom. The monoisotopic (exact) mass is 428 g/mol. The fourth-order valence-corrected chi connectivity index (χ4v) is 5.71. The van der Waals surface area contributed by atoms with Crippen LogP contribution in [-0.4, -0.2) is 69.8 Å². The minimum Gasteiger partial charge on any atom is -0.379 e. The number of morpholine rings is 1. The van der Waals surface area contributed by atoms with Crippen LogP contribution in [0.2, 0.25) is 0 Å². The van der Waals surface area contributed by atoms with Crippen molar-refractivity contribution in [2.45, 2.75) is 39.5 Å². The second-order valence-corrected chi connectivity index (χ2v) is 9.51. The quantitative estimate of drug-likeness (QED) is 0.628. The molecular formula is C21H28N6O2S. The van der Waals surface area contributed by atoms with E-state index in [0.29, 0.717) is 12.5 Å². The number of ether oxygens (including phenoxy) is 1. The Balaban J connectivity index is 1.35. The smallest absolute Gasteiger partial charge is 0.290 e. The molecule has 1 fully saturated rings. The number of hydrogen-bond acceptors (Lipinski definition) is 7. The topological polar surface area (TPSA) is 84.7 Å². The molecule has 1 aliphatic carbocycles. The highest BCUT2D eigenvalue weighted by molar-refractivity contribution is 7.19. The lowest BCUT2D eigenvalue weighted by molar-refractivity contribution is 0.0374. The van der Waals surface area contributed by atoms with Crippen LogP contribution in [0.25, 0.3) is 15.9 Å². The number of amides is 1. The molecule has 0 bridgehead atoms. The Kier molecular flexibility index (Phi) is 5.43. The molecule has 9 heteroatoms. The zero-order valence-electron chi connectivity index (χ0n) is 17.6. The molecule has 30 heavy (non-hydrogen) atoms. The van der Waals surface area contributed by atoms with E-state index in [-0.39, 0.29) is 11.7 Å². The molecule has 4 heterocycles. The van der Waals surface area contributed by atoms with Crippen LogP contribution in [0.15, 0.2) is 0 Å². The summed E-state index contributed by atoms with van der Waals surface area (Å²) < 4.78 is 7.10. The Morgan fingerprint density at radius 2 is 2.13 bits per heavy atom. The molecule has 0 spiro atoms.